The molecule has 0 fully saturated rings. The number of aromatic nitrogens is 4. The highest BCUT2D eigenvalue weighted by Crippen LogP contribution is 2.34. The van der Waals surface area contributed by atoms with Gasteiger partial charge in [-0.2, -0.15) is 5.10 Å². The molecule has 0 saturated heterocycles. The van der Waals surface area contributed by atoms with E-state index >= 15 is 0 Å². The van der Waals surface area contributed by atoms with Crippen LogP contribution in [0.3, 0.4) is 0 Å². The number of aryl methyl sites for hydroxylation is 1. The number of anilines is 2. The van der Waals surface area contributed by atoms with Gasteiger partial charge in [-0.1, -0.05) is 0 Å². The molecule has 0 aliphatic heterocycles. The fraction of sp³-hybridized carbons (Fsp3) is 0.346. The Morgan fingerprint density at radius 2 is 1.83 bits per heavy atom. The highest BCUT2D eigenvalue weighted by atomic mass is 19.3. The van der Waals surface area contributed by atoms with Crippen molar-refractivity contribution in [3.05, 3.63) is 55.0 Å². The summed E-state index contributed by atoms with van der Waals surface area (Å²) in [5, 5.41) is 6.89. The zero-order valence-corrected chi connectivity index (χ0v) is 19.8. The number of rotatable bonds is 11. The maximum atomic E-state index is 13.3. The van der Waals surface area contributed by atoms with E-state index in [1.54, 1.807) is 47.2 Å². The molecule has 190 valence electrons. The largest absolute Gasteiger partial charge is 0.497 e. The molecule has 2 aromatic carbocycles. The van der Waals surface area contributed by atoms with Gasteiger partial charge in [-0.3, -0.25) is 9.67 Å². The molecule has 0 radical (unpaired) electrons. The molecular formula is C26H30F2N6O2. The molecule has 2 heterocycles. The van der Waals surface area contributed by atoms with Crippen LogP contribution < -0.4 is 19.7 Å². The standard InChI is InChI=1S/C26H30F2N6O2/c1-26(27,28)17-29-8-5-9-34(20-10-21(35-3)13-22(11-20)36-4)19-6-7-23-24(12-19)32-25(15-30-23)18-14-31-33(2)16-18/h6-7,10-16,29H,5,8-9,17H2,1-4H3/i3D3,4D3. The molecular weight excluding hydrogens is 466 g/mol. The quantitative estimate of drug-likeness (QED) is 0.295. The van der Waals surface area contributed by atoms with Crippen molar-refractivity contribution in [3.8, 4) is 22.8 Å². The van der Waals surface area contributed by atoms with Crippen molar-refractivity contribution in [2.45, 2.75) is 19.3 Å². The molecule has 2 aromatic heterocycles. The second kappa shape index (κ2) is 10.9. The molecule has 36 heavy (non-hydrogen) atoms. The number of halogens is 2. The zero-order valence-electron chi connectivity index (χ0n) is 25.8. The number of ether oxygens (including phenoxy) is 2. The SMILES string of the molecule is [2H]C([2H])([2H])Oc1cc(OC([2H])([2H])[2H])cc(N(CCCNCC(C)(F)F)c2ccc3ncc(-c4cnn(C)c4)nc3c2)c1. The first-order chi connectivity index (χ1) is 19.5. The van der Waals surface area contributed by atoms with E-state index in [9.17, 15) is 8.78 Å². The van der Waals surface area contributed by atoms with Gasteiger partial charge in [0.05, 0.1) is 58.0 Å². The van der Waals surface area contributed by atoms with E-state index in [2.05, 4.69) is 15.4 Å². The Labute approximate surface area is 217 Å². The van der Waals surface area contributed by atoms with Gasteiger partial charge in [0.1, 0.15) is 11.5 Å². The van der Waals surface area contributed by atoms with Gasteiger partial charge in [-0.15, -0.1) is 0 Å². The number of nitrogens with one attached hydrogen (secondary N) is 1. The minimum atomic E-state index is -2.87. The Bertz CT molecular complexity index is 1490. The molecule has 1 N–H and O–H groups in total. The first kappa shape index (κ1) is 18.5. The lowest BCUT2D eigenvalue weighted by Gasteiger charge is -2.26. The summed E-state index contributed by atoms with van der Waals surface area (Å²) >= 11 is 0. The maximum absolute atomic E-state index is 13.3. The predicted octanol–water partition coefficient (Wildman–Crippen LogP) is 4.82. The van der Waals surface area contributed by atoms with Gasteiger partial charge in [0.15, 0.2) is 0 Å². The molecule has 4 aromatic rings. The first-order valence-corrected chi connectivity index (χ1v) is 11.2. The summed E-state index contributed by atoms with van der Waals surface area (Å²) < 4.78 is 83.4. The monoisotopic (exact) mass is 502 g/mol. The van der Waals surface area contributed by atoms with Crippen molar-refractivity contribution in [1.82, 2.24) is 25.1 Å². The van der Waals surface area contributed by atoms with E-state index in [1.807, 2.05) is 6.20 Å². The molecule has 4 rings (SSSR count). The number of methoxy groups -OCH3 is 2. The van der Waals surface area contributed by atoms with Gasteiger partial charge in [-0.05, 0) is 31.2 Å². The Morgan fingerprint density at radius 1 is 1.06 bits per heavy atom. The molecule has 10 heteroatoms. The van der Waals surface area contributed by atoms with Crippen molar-refractivity contribution in [3.63, 3.8) is 0 Å². The number of benzene rings is 2. The van der Waals surface area contributed by atoms with Crippen molar-refractivity contribution in [2.24, 2.45) is 7.05 Å². The lowest BCUT2D eigenvalue weighted by molar-refractivity contribution is 0.0229. The molecule has 8 nitrogen and oxygen atoms in total. The molecule has 0 atom stereocenters. The molecule has 0 spiro atoms. The normalized spacial score (nSPS) is 14.8. The summed E-state index contributed by atoms with van der Waals surface area (Å²) in [6.07, 6.45) is 5.51. The van der Waals surface area contributed by atoms with E-state index in [4.69, 9.17) is 22.7 Å². The Balaban J connectivity index is 1.75. The number of fused-ring (bicyclic) bond motifs is 1. The van der Waals surface area contributed by atoms with Crippen molar-refractivity contribution < 1.29 is 26.5 Å². The minimum Gasteiger partial charge on any atom is -0.497 e. The fourth-order valence-electron chi connectivity index (χ4n) is 3.77. The third-order valence-corrected chi connectivity index (χ3v) is 5.42. The molecule has 0 amide bonds. The van der Waals surface area contributed by atoms with Crippen LogP contribution in [0.5, 0.6) is 11.5 Å². The van der Waals surface area contributed by atoms with Gasteiger partial charge in [0.2, 0.25) is 0 Å². The van der Waals surface area contributed by atoms with Crippen LogP contribution in [-0.4, -0.2) is 59.4 Å². The minimum absolute atomic E-state index is 0.139. The zero-order chi connectivity index (χ0) is 30.7. The predicted molar refractivity (Wildman–Crippen MR) is 136 cm³/mol. The lowest BCUT2D eigenvalue weighted by atomic mass is 10.1. The highest BCUT2D eigenvalue weighted by molar-refractivity contribution is 5.82. The summed E-state index contributed by atoms with van der Waals surface area (Å²) in [4.78, 5) is 11.0. The van der Waals surface area contributed by atoms with Crippen LogP contribution in [0.4, 0.5) is 20.2 Å². The first-order valence-electron chi connectivity index (χ1n) is 14.2. The van der Waals surface area contributed by atoms with Crippen LogP contribution in [0.25, 0.3) is 22.3 Å². The van der Waals surface area contributed by atoms with E-state index in [1.165, 1.54) is 18.2 Å². The number of hydrogen-bond acceptors (Lipinski definition) is 7. The summed E-state index contributed by atoms with van der Waals surface area (Å²) in [5.41, 5.74) is 3.50. The summed E-state index contributed by atoms with van der Waals surface area (Å²) in [7, 11) is -3.83. The summed E-state index contributed by atoms with van der Waals surface area (Å²) in [5.74, 6) is -3.15. The van der Waals surface area contributed by atoms with E-state index in [0.29, 0.717) is 34.5 Å². The third-order valence-electron chi connectivity index (χ3n) is 5.42. The van der Waals surface area contributed by atoms with Crippen molar-refractivity contribution >= 4 is 22.4 Å². The van der Waals surface area contributed by atoms with Gasteiger partial charge in [0, 0.05) is 61.9 Å². The summed E-state index contributed by atoms with van der Waals surface area (Å²) in [6.45, 7) is 0.857. The second-order valence-corrected chi connectivity index (χ2v) is 8.45. The molecule has 0 saturated carbocycles. The van der Waals surface area contributed by atoms with Crippen LogP contribution in [-0.2, 0) is 7.05 Å². The molecule has 0 unspecified atom stereocenters. The maximum Gasteiger partial charge on any atom is 0.257 e. The van der Waals surface area contributed by atoms with Gasteiger partial charge < -0.3 is 19.7 Å². The average molecular weight is 503 g/mol. The van der Waals surface area contributed by atoms with Gasteiger partial charge >= 0.3 is 0 Å². The van der Waals surface area contributed by atoms with Crippen LogP contribution in [0.2, 0.25) is 0 Å². The second-order valence-electron chi connectivity index (χ2n) is 8.45. The van der Waals surface area contributed by atoms with Crippen molar-refractivity contribution in [1.29, 1.82) is 0 Å². The van der Waals surface area contributed by atoms with Crippen LogP contribution in [0.1, 0.15) is 21.6 Å². The molecule has 0 aliphatic rings. The molecule has 0 aliphatic carbocycles. The van der Waals surface area contributed by atoms with E-state index < -0.39 is 26.5 Å². The average Bonchev–Trinajstić information content (AvgIpc) is 3.29. The van der Waals surface area contributed by atoms with Crippen LogP contribution in [0.15, 0.2) is 55.0 Å². The highest BCUT2D eigenvalue weighted by Gasteiger charge is 2.20. The Morgan fingerprint density at radius 3 is 2.50 bits per heavy atom. The topological polar surface area (TPSA) is 77.3 Å². The lowest BCUT2D eigenvalue weighted by Crippen LogP contribution is -2.32. The van der Waals surface area contributed by atoms with Gasteiger partial charge in [0.25, 0.3) is 5.92 Å². The number of alkyl halides is 2. The van der Waals surface area contributed by atoms with Gasteiger partial charge in [-0.25, -0.2) is 13.8 Å². The smallest absolute Gasteiger partial charge is 0.257 e. The van der Waals surface area contributed by atoms with Crippen LogP contribution >= 0.6 is 0 Å². The fourth-order valence-corrected chi connectivity index (χ4v) is 3.77. The van der Waals surface area contributed by atoms with Crippen LogP contribution in [0, 0.1) is 0 Å². The van der Waals surface area contributed by atoms with E-state index in [-0.39, 0.29) is 24.6 Å². The third kappa shape index (κ3) is 6.25. The van der Waals surface area contributed by atoms with E-state index in [0.717, 1.165) is 12.5 Å². The Hall–Kier alpha value is -3.79. The van der Waals surface area contributed by atoms with Crippen molar-refractivity contribution in [2.75, 3.05) is 38.6 Å². The number of hydrogen-bond donors (Lipinski definition) is 1. The molecule has 0 bridgehead atoms. The number of nitrogens with zero attached hydrogens (tertiary/aromatic N) is 5. The Kier molecular flexibility index (Phi) is 5.57. The summed E-state index contributed by atoms with van der Waals surface area (Å²) in [6, 6.07) is 9.36.